The summed E-state index contributed by atoms with van der Waals surface area (Å²) in [6.07, 6.45) is -3.51. The number of halogens is 4. The molecule has 19 heavy (non-hydrogen) atoms. The highest BCUT2D eigenvalue weighted by atomic mass is 79.9. The summed E-state index contributed by atoms with van der Waals surface area (Å²) in [4.78, 5) is 6.98. The van der Waals surface area contributed by atoms with Crippen LogP contribution in [0.1, 0.15) is 11.3 Å². The molecule has 100 valence electrons. The van der Waals surface area contributed by atoms with Crippen LogP contribution >= 0.6 is 15.9 Å². The van der Waals surface area contributed by atoms with E-state index < -0.39 is 11.9 Å². The molecule has 0 saturated heterocycles. The van der Waals surface area contributed by atoms with Gasteiger partial charge in [-0.3, -0.25) is 0 Å². The zero-order chi connectivity index (χ0) is 14.0. The summed E-state index contributed by atoms with van der Waals surface area (Å²) in [5.41, 5.74) is -0.143. The van der Waals surface area contributed by atoms with Crippen molar-refractivity contribution in [1.29, 1.82) is 0 Å². The van der Waals surface area contributed by atoms with E-state index >= 15 is 0 Å². The van der Waals surface area contributed by atoms with Crippen molar-refractivity contribution in [2.75, 3.05) is 0 Å². The lowest BCUT2D eigenvalue weighted by Crippen LogP contribution is -2.08. The predicted octanol–water partition coefficient (Wildman–Crippen LogP) is 4.36. The van der Waals surface area contributed by atoms with Gasteiger partial charge in [-0.15, -0.1) is 0 Å². The molecule has 0 atom stereocenters. The number of aromatic nitrogens is 2. The Bertz CT molecular complexity index is 602. The van der Waals surface area contributed by atoms with Gasteiger partial charge in [0.2, 0.25) is 0 Å². The Morgan fingerprint density at radius 2 is 1.95 bits per heavy atom. The van der Waals surface area contributed by atoms with E-state index in [4.69, 9.17) is 4.74 Å². The quantitative estimate of drug-likeness (QED) is 0.819. The maximum Gasteiger partial charge on any atom is 0.433 e. The van der Waals surface area contributed by atoms with Crippen molar-refractivity contribution in [2.24, 2.45) is 0 Å². The van der Waals surface area contributed by atoms with Crippen molar-refractivity contribution >= 4 is 15.9 Å². The lowest BCUT2D eigenvalue weighted by atomic mass is 10.2. The first-order valence-electron chi connectivity index (χ1n) is 5.20. The Balaban J connectivity index is 2.26. The van der Waals surface area contributed by atoms with Crippen LogP contribution in [0.25, 0.3) is 0 Å². The fraction of sp³-hybridized carbons (Fsp3) is 0.167. The van der Waals surface area contributed by atoms with Crippen molar-refractivity contribution in [3.05, 3.63) is 46.2 Å². The van der Waals surface area contributed by atoms with E-state index in [0.29, 0.717) is 5.75 Å². The summed E-state index contributed by atoms with van der Waals surface area (Å²) in [5, 5.41) is 0. The molecule has 0 aliphatic carbocycles. The number of hydrogen-bond donors (Lipinski definition) is 0. The second-order valence-corrected chi connectivity index (χ2v) is 4.59. The highest BCUT2D eigenvalue weighted by Gasteiger charge is 2.33. The molecule has 0 aliphatic rings. The Labute approximate surface area is 115 Å². The van der Waals surface area contributed by atoms with Gasteiger partial charge in [-0.1, -0.05) is 15.9 Å². The van der Waals surface area contributed by atoms with Crippen molar-refractivity contribution in [3.63, 3.8) is 0 Å². The lowest BCUT2D eigenvalue weighted by Gasteiger charge is -2.08. The van der Waals surface area contributed by atoms with Crippen LogP contribution in [0.4, 0.5) is 13.2 Å². The van der Waals surface area contributed by atoms with Crippen LogP contribution in [-0.4, -0.2) is 9.97 Å². The topological polar surface area (TPSA) is 35.0 Å². The molecule has 7 heteroatoms. The molecule has 1 aromatic heterocycles. The third-order valence-corrected chi connectivity index (χ3v) is 3.15. The van der Waals surface area contributed by atoms with E-state index in [1.54, 1.807) is 18.2 Å². The summed E-state index contributed by atoms with van der Waals surface area (Å²) in [6.45, 7) is 1.84. The van der Waals surface area contributed by atoms with Crippen LogP contribution in [0, 0.1) is 6.92 Å². The second kappa shape index (κ2) is 5.16. The minimum Gasteiger partial charge on any atom is -0.424 e. The average Bonchev–Trinajstić information content (AvgIpc) is 2.33. The van der Waals surface area contributed by atoms with E-state index in [0.717, 1.165) is 22.3 Å². The molecular weight excluding hydrogens is 325 g/mol. The van der Waals surface area contributed by atoms with Crippen LogP contribution < -0.4 is 4.74 Å². The zero-order valence-electron chi connectivity index (χ0n) is 9.70. The number of hydrogen-bond acceptors (Lipinski definition) is 3. The molecule has 0 fully saturated rings. The maximum atomic E-state index is 12.5. The molecule has 2 rings (SSSR count). The highest BCUT2D eigenvalue weighted by molar-refractivity contribution is 9.10. The fourth-order valence-electron chi connectivity index (χ4n) is 1.33. The van der Waals surface area contributed by atoms with Gasteiger partial charge < -0.3 is 4.74 Å². The lowest BCUT2D eigenvalue weighted by molar-refractivity contribution is -0.141. The molecule has 0 aliphatic heterocycles. The van der Waals surface area contributed by atoms with Crippen LogP contribution in [0.3, 0.4) is 0 Å². The first-order valence-corrected chi connectivity index (χ1v) is 6.00. The molecule has 0 amide bonds. The Morgan fingerprint density at radius 1 is 1.21 bits per heavy atom. The smallest absolute Gasteiger partial charge is 0.424 e. The first kappa shape index (κ1) is 13.8. The number of rotatable bonds is 2. The minimum atomic E-state index is -4.52. The summed E-state index contributed by atoms with van der Waals surface area (Å²) in [7, 11) is 0. The SMILES string of the molecule is Cc1cc(Oc2nccc(C(F)(F)F)n2)ccc1Br. The van der Waals surface area contributed by atoms with Gasteiger partial charge in [-0.2, -0.15) is 18.2 Å². The van der Waals surface area contributed by atoms with Crippen molar-refractivity contribution in [3.8, 4) is 11.8 Å². The van der Waals surface area contributed by atoms with Crippen LogP contribution in [-0.2, 0) is 6.18 Å². The van der Waals surface area contributed by atoms with Gasteiger partial charge >= 0.3 is 12.2 Å². The molecule has 0 spiro atoms. The van der Waals surface area contributed by atoms with Gasteiger partial charge in [0.25, 0.3) is 0 Å². The molecule has 0 saturated carbocycles. The van der Waals surface area contributed by atoms with E-state index in [2.05, 4.69) is 25.9 Å². The second-order valence-electron chi connectivity index (χ2n) is 3.74. The molecule has 0 N–H and O–H groups in total. The number of alkyl halides is 3. The fourth-order valence-corrected chi connectivity index (χ4v) is 1.58. The zero-order valence-corrected chi connectivity index (χ0v) is 11.3. The molecule has 1 aromatic carbocycles. The molecule has 0 unspecified atom stereocenters. The van der Waals surface area contributed by atoms with Gasteiger partial charge in [0, 0.05) is 10.7 Å². The minimum absolute atomic E-state index is 0.337. The van der Waals surface area contributed by atoms with Gasteiger partial charge in [0.05, 0.1) is 0 Å². The van der Waals surface area contributed by atoms with Gasteiger partial charge in [0.1, 0.15) is 5.75 Å². The van der Waals surface area contributed by atoms with Crippen LogP contribution in [0.2, 0.25) is 0 Å². The molecule has 1 heterocycles. The number of aryl methyl sites for hydroxylation is 1. The average molecular weight is 333 g/mol. The number of benzene rings is 1. The molecule has 3 nitrogen and oxygen atoms in total. The summed E-state index contributed by atoms with van der Waals surface area (Å²) < 4.78 is 43.5. The standard InChI is InChI=1S/C12H8BrF3N2O/c1-7-6-8(2-3-9(7)13)19-11-17-5-4-10(18-11)12(14,15)16/h2-6H,1H3. The van der Waals surface area contributed by atoms with Gasteiger partial charge in [-0.25, -0.2) is 4.98 Å². The maximum absolute atomic E-state index is 12.5. The monoisotopic (exact) mass is 332 g/mol. The Hall–Kier alpha value is -1.63. The molecular formula is C12H8BrF3N2O. The summed E-state index contributed by atoms with van der Waals surface area (Å²) in [6, 6.07) is 5.48. The van der Waals surface area contributed by atoms with Crippen LogP contribution in [0.15, 0.2) is 34.9 Å². The highest BCUT2D eigenvalue weighted by Crippen LogP contribution is 2.29. The van der Waals surface area contributed by atoms with E-state index in [-0.39, 0.29) is 6.01 Å². The predicted molar refractivity (Wildman–Crippen MR) is 66.0 cm³/mol. The van der Waals surface area contributed by atoms with Gasteiger partial charge in [0.15, 0.2) is 5.69 Å². The van der Waals surface area contributed by atoms with E-state index in [1.807, 2.05) is 6.92 Å². The first-order chi connectivity index (χ1) is 8.86. The van der Waals surface area contributed by atoms with Crippen molar-refractivity contribution in [2.45, 2.75) is 13.1 Å². The largest absolute Gasteiger partial charge is 0.433 e. The van der Waals surface area contributed by atoms with Crippen molar-refractivity contribution in [1.82, 2.24) is 9.97 Å². The number of nitrogens with zero attached hydrogens (tertiary/aromatic N) is 2. The normalized spacial score (nSPS) is 11.4. The summed E-state index contributed by atoms with van der Waals surface area (Å²) in [5.74, 6) is 0.375. The van der Waals surface area contributed by atoms with Crippen molar-refractivity contribution < 1.29 is 17.9 Å². The molecule has 0 radical (unpaired) electrons. The molecule has 2 aromatic rings. The third-order valence-electron chi connectivity index (χ3n) is 2.26. The Morgan fingerprint density at radius 3 is 2.58 bits per heavy atom. The van der Waals surface area contributed by atoms with Crippen LogP contribution in [0.5, 0.6) is 11.8 Å². The van der Waals surface area contributed by atoms with Gasteiger partial charge in [-0.05, 0) is 36.8 Å². The summed E-state index contributed by atoms with van der Waals surface area (Å²) >= 11 is 3.32. The molecule has 0 bridgehead atoms. The Kier molecular flexibility index (Phi) is 3.75. The number of ether oxygens (including phenoxy) is 1. The third kappa shape index (κ3) is 3.44. The van der Waals surface area contributed by atoms with E-state index in [1.165, 1.54) is 0 Å². The van der Waals surface area contributed by atoms with E-state index in [9.17, 15) is 13.2 Å².